The van der Waals surface area contributed by atoms with Crippen LogP contribution < -0.4 is 5.32 Å². The van der Waals surface area contributed by atoms with Gasteiger partial charge in [0, 0.05) is 13.7 Å². The van der Waals surface area contributed by atoms with Gasteiger partial charge in [0.1, 0.15) is 11.9 Å². The number of carbonyl (C=O) groups excluding carboxylic acids is 1. The molecule has 0 aliphatic heterocycles. The third-order valence-corrected chi connectivity index (χ3v) is 3.45. The minimum Gasteiger partial charge on any atom is -0.480 e. The topological polar surface area (TPSA) is 75.6 Å². The van der Waals surface area contributed by atoms with Gasteiger partial charge in [0.2, 0.25) is 0 Å². The van der Waals surface area contributed by atoms with Crippen molar-refractivity contribution in [3.05, 3.63) is 34.1 Å². The molecule has 0 bridgehead atoms. The summed E-state index contributed by atoms with van der Waals surface area (Å²) < 4.78 is 18.2. The van der Waals surface area contributed by atoms with Gasteiger partial charge in [-0.05, 0) is 40.9 Å². The Kier molecular flexibility index (Phi) is 6.60. The molecule has 0 fully saturated rings. The maximum Gasteiger partial charge on any atom is 0.326 e. The number of hydrogen-bond acceptors (Lipinski definition) is 3. The Morgan fingerprint density at radius 2 is 2.20 bits per heavy atom. The number of carbonyl (C=O) groups is 2. The van der Waals surface area contributed by atoms with E-state index >= 15 is 0 Å². The smallest absolute Gasteiger partial charge is 0.326 e. The number of nitrogens with one attached hydrogen (secondary N) is 1. The van der Waals surface area contributed by atoms with Crippen LogP contribution in [0.15, 0.2) is 22.7 Å². The van der Waals surface area contributed by atoms with Gasteiger partial charge in [0.15, 0.2) is 0 Å². The van der Waals surface area contributed by atoms with Crippen molar-refractivity contribution in [3.8, 4) is 0 Å². The van der Waals surface area contributed by atoms with Crippen LogP contribution in [0.1, 0.15) is 23.2 Å². The lowest BCUT2D eigenvalue weighted by Crippen LogP contribution is -2.41. The van der Waals surface area contributed by atoms with Crippen molar-refractivity contribution < 1.29 is 23.8 Å². The van der Waals surface area contributed by atoms with Crippen molar-refractivity contribution in [3.63, 3.8) is 0 Å². The van der Waals surface area contributed by atoms with Gasteiger partial charge in [0.25, 0.3) is 5.91 Å². The number of carboxylic acids is 1. The molecule has 0 spiro atoms. The molecule has 0 aromatic heterocycles. The summed E-state index contributed by atoms with van der Waals surface area (Å²) >= 11 is 2.97. The zero-order chi connectivity index (χ0) is 15.1. The molecule has 110 valence electrons. The summed E-state index contributed by atoms with van der Waals surface area (Å²) in [6.45, 7) is 0.406. The highest BCUT2D eigenvalue weighted by atomic mass is 79.9. The number of rotatable bonds is 7. The highest BCUT2D eigenvalue weighted by Crippen LogP contribution is 2.20. The van der Waals surface area contributed by atoms with E-state index in [1.54, 1.807) is 0 Å². The fraction of sp³-hybridized carbons (Fsp3) is 0.385. The van der Waals surface area contributed by atoms with Crippen molar-refractivity contribution in [2.24, 2.45) is 0 Å². The Balaban J connectivity index is 2.75. The van der Waals surface area contributed by atoms with E-state index in [9.17, 15) is 14.0 Å². The maximum absolute atomic E-state index is 13.3. The molecule has 0 radical (unpaired) electrons. The largest absolute Gasteiger partial charge is 0.480 e. The van der Waals surface area contributed by atoms with E-state index < -0.39 is 23.7 Å². The first kappa shape index (κ1) is 16.6. The predicted molar refractivity (Wildman–Crippen MR) is 74.1 cm³/mol. The second-order valence-electron chi connectivity index (χ2n) is 4.10. The Hall–Kier alpha value is -1.47. The number of carboxylic acid groups (broad SMARTS) is 1. The number of benzene rings is 1. The average Bonchev–Trinajstić information content (AvgIpc) is 2.40. The van der Waals surface area contributed by atoms with Gasteiger partial charge in [-0.25, -0.2) is 9.18 Å². The molecule has 1 atom stereocenters. The SMILES string of the molecule is COCCCC(NC(=O)c1cccc(F)c1Br)C(=O)O. The fourth-order valence-electron chi connectivity index (χ4n) is 1.60. The van der Waals surface area contributed by atoms with Crippen LogP contribution in [0, 0.1) is 5.82 Å². The quantitative estimate of drug-likeness (QED) is 0.741. The zero-order valence-corrected chi connectivity index (χ0v) is 12.4. The van der Waals surface area contributed by atoms with Crippen molar-refractivity contribution in [2.75, 3.05) is 13.7 Å². The molecule has 1 unspecified atom stereocenters. The summed E-state index contributed by atoms with van der Waals surface area (Å²) in [7, 11) is 1.51. The van der Waals surface area contributed by atoms with Gasteiger partial charge in [-0.1, -0.05) is 6.07 Å². The van der Waals surface area contributed by atoms with Gasteiger partial charge in [-0.3, -0.25) is 4.79 Å². The summed E-state index contributed by atoms with van der Waals surface area (Å²) in [6.07, 6.45) is 0.736. The monoisotopic (exact) mass is 347 g/mol. The van der Waals surface area contributed by atoms with E-state index in [2.05, 4.69) is 21.2 Å². The standard InChI is InChI=1S/C13H15BrFNO4/c1-20-7-3-6-10(13(18)19)16-12(17)8-4-2-5-9(15)11(8)14/h2,4-5,10H,3,6-7H2,1H3,(H,16,17)(H,18,19). The van der Waals surface area contributed by atoms with Gasteiger partial charge < -0.3 is 15.2 Å². The number of halogens is 2. The van der Waals surface area contributed by atoms with Gasteiger partial charge in [-0.2, -0.15) is 0 Å². The second kappa shape index (κ2) is 7.96. The molecule has 20 heavy (non-hydrogen) atoms. The normalized spacial score (nSPS) is 11.9. The molecule has 0 aliphatic carbocycles. The zero-order valence-electron chi connectivity index (χ0n) is 10.9. The lowest BCUT2D eigenvalue weighted by Gasteiger charge is -2.15. The lowest BCUT2D eigenvalue weighted by molar-refractivity contribution is -0.139. The first-order valence-electron chi connectivity index (χ1n) is 5.94. The van der Waals surface area contributed by atoms with E-state index in [0.29, 0.717) is 13.0 Å². The number of ether oxygens (including phenoxy) is 1. The third-order valence-electron chi connectivity index (χ3n) is 2.64. The summed E-state index contributed by atoms with van der Waals surface area (Å²) in [4.78, 5) is 23.0. The molecular formula is C13H15BrFNO4. The number of hydrogen-bond donors (Lipinski definition) is 2. The highest BCUT2D eigenvalue weighted by molar-refractivity contribution is 9.10. The highest BCUT2D eigenvalue weighted by Gasteiger charge is 2.22. The molecule has 5 nitrogen and oxygen atoms in total. The number of aliphatic carboxylic acids is 1. The van der Waals surface area contributed by atoms with E-state index in [4.69, 9.17) is 9.84 Å². The Bertz CT molecular complexity index is 495. The molecular weight excluding hydrogens is 333 g/mol. The summed E-state index contributed by atoms with van der Waals surface area (Å²) in [5.41, 5.74) is 0.0583. The third kappa shape index (κ3) is 4.57. The van der Waals surface area contributed by atoms with E-state index in [-0.39, 0.29) is 16.5 Å². The first-order chi connectivity index (χ1) is 9.47. The van der Waals surface area contributed by atoms with Crippen molar-refractivity contribution in [2.45, 2.75) is 18.9 Å². The van der Waals surface area contributed by atoms with Gasteiger partial charge in [-0.15, -0.1) is 0 Å². The molecule has 0 heterocycles. The van der Waals surface area contributed by atoms with Crippen LogP contribution in [0.5, 0.6) is 0 Å². The molecule has 1 aromatic carbocycles. The van der Waals surface area contributed by atoms with Crippen LogP contribution in [0.3, 0.4) is 0 Å². The number of amides is 1. The van der Waals surface area contributed by atoms with Crippen LogP contribution in [0.4, 0.5) is 4.39 Å². The Morgan fingerprint density at radius 1 is 1.50 bits per heavy atom. The average molecular weight is 348 g/mol. The summed E-state index contributed by atoms with van der Waals surface area (Å²) in [5.74, 6) is -2.35. The molecule has 2 N–H and O–H groups in total. The molecule has 0 saturated heterocycles. The molecule has 1 rings (SSSR count). The maximum atomic E-state index is 13.3. The van der Waals surface area contributed by atoms with Crippen molar-refractivity contribution >= 4 is 27.8 Å². The van der Waals surface area contributed by atoms with Gasteiger partial charge >= 0.3 is 5.97 Å². The first-order valence-corrected chi connectivity index (χ1v) is 6.73. The summed E-state index contributed by atoms with van der Waals surface area (Å²) in [6, 6.07) is 2.97. The number of methoxy groups -OCH3 is 1. The minimum absolute atomic E-state index is 0.0125. The minimum atomic E-state index is -1.14. The fourth-order valence-corrected chi connectivity index (χ4v) is 2.05. The van der Waals surface area contributed by atoms with Gasteiger partial charge in [0.05, 0.1) is 10.0 Å². The second-order valence-corrected chi connectivity index (χ2v) is 4.89. The Morgan fingerprint density at radius 3 is 2.80 bits per heavy atom. The van der Waals surface area contributed by atoms with Crippen molar-refractivity contribution in [1.82, 2.24) is 5.32 Å². The van der Waals surface area contributed by atoms with Crippen molar-refractivity contribution in [1.29, 1.82) is 0 Å². The molecule has 7 heteroatoms. The van der Waals surface area contributed by atoms with Crippen LogP contribution in [-0.2, 0) is 9.53 Å². The van der Waals surface area contributed by atoms with Crippen LogP contribution in [0.25, 0.3) is 0 Å². The lowest BCUT2D eigenvalue weighted by atomic mass is 10.1. The molecule has 0 aliphatic rings. The van der Waals surface area contributed by atoms with E-state index in [0.717, 1.165) is 0 Å². The van der Waals surface area contributed by atoms with E-state index in [1.807, 2.05) is 0 Å². The van der Waals surface area contributed by atoms with Crippen LogP contribution in [-0.4, -0.2) is 36.7 Å². The molecule has 0 saturated carbocycles. The molecule has 1 amide bonds. The van der Waals surface area contributed by atoms with E-state index in [1.165, 1.54) is 25.3 Å². The molecule has 1 aromatic rings. The van der Waals surface area contributed by atoms with Crippen LogP contribution in [0.2, 0.25) is 0 Å². The summed E-state index contributed by atoms with van der Waals surface area (Å²) in [5, 5.41) is 11.4. The predicted octanol–water partition coefficient (Wildman–Crippen LogP) is 2.20. The van der Waals surface area contributed by atoms with Crippen LogP contribution >= 0.6 is 15.9 Å². The Labute approximate surface area is 124 Å².